The van der Waals surface area contributed by atoms with Gasteiger partial charge in [0.05, 0.1) is 4.92 Å². The van der Waals surface area contributed by atoms with Crippen molar-refractivity contribution in [3.8, 4) is 0 Å². The van der Waals surface area contributed by atoms with Crippen molar-refractivity contribution in [2.45, 2.75) is 6.54 Å². The predicted octanol–water partition coefficient (Wildman–Crippen LogP) is 5.49. The van der Waals surface area contributed by atoms with Crippen LogP contribution >= 0.6 is 12.2 Å². The quantitative estimate of drug-likeness (QED) is 0.0938. The Labute approximate surface area is 236 Å². The Hall–Kier alpha value is -5.35. The first kappa shape index (κ1) is 27.7. The first-order chi connectivity index (χ1) is 19.4. The number of thiocarbonyl (C=S) groups is 1. The topological polar surface area (TPSA) is 125 Å². The summed E-state index contributed by atoms with van der Waals surface area (Å²) in [5.74, 6) is -1.01. The molecule has 0 aromatic heterocycles. The van der Waals surface area contributed by atoms with Crippen molar-refractivity contribution in [2.24, 2.45) is 0 Å². The second kappa shape index (κ2) is 13.4. The van der Waals surface area contributed by atoms with E-state index in [1.807, 2.05) is 54.6 Å². The molecule has 0 spiro atoms. The van der Waals surface area contributed by atoms with Crippen LogP contribution in [0.5, 0.6) is 0 Å². The first-order valence-electron chi connectivity index (χ1n) is 12.2. The van der Waals surface area contributed by atoms with Crippen molar-refractivity contribution in [3.05, 3.63) is 142 Å². The Balaban J connectivity index is 1.50. The highest BCUT2D eigenvalue weighted by molar-refractivity contribution is 7.80. The van der Waals surface area contributed by atoms with Gasteiger partial charge in [0.1, 0.15) is 5.70 Å². The van der Waals surface area contributed by atoms with E-state index < -0.39 is 16.7 Å². The number of benzene rings is 4. The summed E-state index contributed by atoms with van der Waals surface area (Å²) in [6.45, 7) is 0.134. The largest absolute Gasteiger partial charge is 0.347 e. The zero-order valence-electron chi connectivity index (χ0n) is 21.2. The van der Waals surface area contributed by atoms with E-state index in [0.717, 1.165) is 11.3 Å². The summed E-state index contributed by atoms with van der Waals surface area (Å²) >= 11 is 5.44. The van der Waals surface area contributed by atoms with Gasteiger partial charge in [-0.2, -0.15) is 0 Å². The van der Waals surface area contributed by atoms with E-state index in [2.05, 4.69) is 21.3 Å². The molecule has 2 amide bonds. The fraction of sp³-hybridized carbons (Fsp3) is 0.0333. The maximum atomic E-state index is 13.3. The molecular weight excluding hydrogens is 526 g/mol. The third-order valence-corrected chi connectivity index (χ3v) is 5.88. The number of nitro groups is 1. The van der Waals surface area contributed by atoms with Crippen molar-refractivity contribution in [2.75, 3.05) is 10.6 Å². The van der Waals surface area contributed by atoms with E-state index >= 15 is 0 Å². The Morgan fingerprint density at radius 3 is 2.10 bits per heavy atom. The lowest BCUT2D eigenvalue weighted by Crippen LogP contribution is -2.34. The standard InChI is InChI=1S/C30H25N5O4S/c36-28(22-9-3-1-4-10-22)33-27(19-21-15-17-25(18-16-21)35(38)39)29(37)31-20-23-11-7-8-14-26(23)34-30(40)32-24-12-5-2-6-13-24/h1-19H,20H2,(H,31,37)(H,33,36)(H2,32,34,40). The number of hydrogen-bond acceptors (Lipinski definition) is 5. The molecule has 0 unspecified atom stereocenters. The summed E-state index contributed by atoms with van der Waals surface area (Å²) in [6.07, 6.45) is 1.46. The molecule has 0 heterocycles. The number of nitro benzene ring substituents is 1. The molecule has 0 bridgehead atoms. The van der Waals surface area contributed by atoms with Gasteiger partial charge in [0.15, 0.2) is 5.11 Å². The highest BCUT2D eigenvalue weighted by Gasteiger charge is 2.16. The number of para-hydroxylation sites is 2. The lowest BCUT2D eigenvalue weighted by Gasteiger charge is -2.15. The third kappa shape index (κ3) is 7.83. The van der Waals surface area contributed by atoms with Gasteiger partial charge in [-0.3, -0.25) is 19.7 Å². The van der Waals surface area contributed by atoms with Gasteiger partial charge in [0, 0.05) is 35.6 Å². The zero-order chi connectivity index (χ0) is 28.3. The summed E-state index contributed by atoms with van der Waals surface area (Å²) in [6, 6.07) is 31.0. The van der Waals surface area contributed by atoms with Crippen LogP contribution in [0.25, 0.3) is 6.08 Å². The average molecular weight is 552 g/mol. The molecule has 4 aromatic rings. The Morgan fingerprint density at radius 2 is 1.43 bits per heavy atom. The Morgan fingerprint density at radius 1 is 0.800 bits per heavy atom. The average Bonchev–Trinajstić information content (AvgIpc) is 2.97. The normalized spacial score (nSPS) is 10.8. The maximum absolute atomic E-state index is 13.3. The number of nitrogens with zero attached hydrogens (tertiary/aromatic N) is 1. The second-order valence-electron chi connectivity index (χ2n) is 8.51. The highest BCUT2D eigenvalue weighted by atomic mass is 32.1. The van der Waals surface area contributed by atoms with Crippen LogP contribution in [0, 0.1) is 10.1 Å². The number of non-ortho nitro benzene ring substituents is 1. The molecule has 4 N–H and O–H groups in total. The molecular formula is C30H25N5O4S. The molecule has 0 atom stereocenters. The van der Waals surface area contributed by atoms with E-state index in [1.54, 1.807) is 30.3 Å². The number of carbonyl (C=O) groups excluding carboxylic acids is 2. The van der Waals surface area contributed by atoms with Crippen LogP contribution in [0.15, 0.2) is 115 Å². The molecule has 0 saturated heterocycles. The van der Waals surface area contributed by atoms with Crippen LogP contribution in [-0.4, -0.2) is 21.9 Å². The molecule has 200 valence electrons. The van der Waals surface area contributed by atoms with Crippen molar-refractivity contribution in [1.29, 1.82) is 0 Å². The molecule has 0 aliphatic heterocycles. The summed E-state index contributed by atoms with van der Waals surface area (Å²) in [4.78, 5) is 36.6. The molecule has 0 radical (unpaired) electrons. The van der Waals surface area contributed by atoms with Crippen LogP contribution < -0.4 is 21.3 Å². The number of carbonyl (C=O) groups is 2. The fourth-order valence-electron chi connectivity index (χ4n) is 3.67. The van der Waals surface area contributed by atoms with E-state index in [9.17, 15) is 19.7 Å². The highest BCUT2D eigenvalue weighted by Crippen LogP contribution is 2.17. The molecule has 0 aliphatic carbocycles. The van der Waals surface area contributed by atoms with E-state index in [1.165, 1.54) is 30.3 Å². The summed E-state index contributed by atoms with van der Waals surface area (Å²) in [5.41, 5.74) is 3.07. The van der Waals surface area contributed by atoms with Gasteiger partial charge in [0.2, 0.25) is 0 Å². The number of hydrogen-bond donors (Lipinski definition) is 4. The summed E-state index contributed by atoms with van der Waals surface area (Å²) in [7, 11) is 0. The SMILES string of the molecule is O=C(NCc1ccccc1NC(=S)Nc1ccccc1)C(=Cc1ccc([N+](=O)[O-])cc1)NC(=O)c1ccccc1. The molecule has 0 fully saturated rings. The van der Waals surface area contributed by atoms with Crippen LogP contribution in [-0.2, 0) is 11.3 Å². The number of amides is 2. The van der Waals surface area contributed by atoms with Gasteiger partial charge in [0.25, 0.3) is 17.5 Å². The van der Waals surface area contributed by atoms with Crippen LogP contribution in [0.3, 0.4) is 0 Å². The van der Waals surface area contributed by atoms with Crippen molar-refractivity contribution >= 4 is 52.3 Å². The lowest BCUT2D eigenvalue weighted by atomic mass is 10.1. The van der Waals surface area contributed by atoms with Crippen LogP contribution in [0.2, 0.25) is 0 Å². The zero-order valence-corrected chi connectivity index (χ0v) is 22.0. The summed E-state index contributed by atoms with van der Waals surface area (Å²) in [5, 5.41) is 23.1. The summed E-state index contributed by atoms with van der Waals surface area (Å²) < 4.78 is 0. The third-order valence-electron chi connectivity index (χ3n) is 5.68. The molecule has 4 rings (SSSR count). The van der Waals surface area contributed by atoms with E-state index in [-0.39, 0.29) is 17.9 Å². The molecule has 9 nitrogen and oxygen atoms in total. The van der Waals surface area contributed by atoms with Gasteiger partial charge in [-0.15, -0.1) is 0 Å². The molecule has 0 saturated carbocycles. The monoisotopic (exact) mass is 551 g/mol. The van der Waals surface area contributed by atoms with E-state index in [4.69, 9.17) is 12.2 Å². The van der Waals surface area contributed by atoms with Gasteiger partial charge in [-0.1, -0.05) is 54.6 Å². The minimum absolute atomic E-state index is 0.0191. The fourth-order valence-corrected chi connectivity index (χ4v) is 3.90. The Bertz CT molecular complexity index is 1540. The maximum Gasteiger partial charge on any atom is 0.269 e. The van der Waals surface area contributed by atoms with Crippen molar-refractivity contribution < 1.29 is 14.5 Å². The minimum Gasteiger partial charge on any atom is -0.347 e. The lowest BCUT2D eigenvalue weighted by molar-refractivity contribution is -0.384. The van der Waals surface area contributed by atoms with Crippen LogP contribution in [0.1, 0.15) is 21.5 Å². The van der Waals surface area contributed by atoms with Crippen molar-refractivity contribution in [1.82, 2.24) is 10.6 Å². The molecule has 4 aromatic carbocycles. The van der Waals surface area contributed by atoms with Crippen molar-refractivity contribution in [3.63, 3.8) is 0 Å². The van der Waals surface area contributed by atoms with E-state index in [0.29, 0.717) is 21.9 Å². The van der Waals surface area contributed by atoms with Gasteiger partial charge < -0.3 is 21.3 Å². The van der Waals surface area contributed by atoms with Gasteiger partial charge in [-0.25, -0.2) is 0 Å². The minimum atomic E-state index is -0.539. The molecule has 40 heavy (non-hydrogen) atoms. The number of anilines is 2. The number of rotatable bonds is 9. The predicted molar refractivity (Wildman–Crippen MR) is 160 cm³/mol. The van der Waals surface area contributed by atoms with Gasteiger partial charge >= 0.3 is 0 Å². The van der Waals surface area contributed by atoms with Crippen LogP contribution in [0.4, 0.5) is 17.1 Å². The molecule has 0 aliphatic rings. The first-order valence-corrected chi connectivity index (χ1v) is 12.6. The second-order valence-corrected chi connectivity index (χ2v) is 8.92. The molecule has 10 heteroatoms. The Kier molecular flexibility index (Phi) is 9.30. The smallest absolute Gasteiger partial charge is 0.269 e. The number of nitrogens with one attached hydrogen (secondary N) is 4. The van der Waals surface area contributed by atoms with Gasteiger partial charge in [-0.05, 0) is 71.9 Å².